The number of halogens is 2. The minimum absolute atomic E-state index is 0.134. The standard InChI is InChI=1S/C15H16ClFN2O2/c1-9(12-5-4-10(17)8-18-12)19-13-7-14(20-2)11(16)6-15(13)21-3/h4-9,19H,1-3H3. The number of nitrogens with zero attached hydrogens (tertiary/aromatic N) is 1. The van der Waals surface area contributed by atoms with Crippen molar-refractivity contribution in [3.05, 3.63) is 47.0 Å². The first-order valence-corrected chi connectivity index (χ1v) is 6.72. The molecule has 0 aliphatic heterocycles. The molecule has 112 valence electrons. The summed E-state index contributed by atoms with van der Waals surface area (Å²) >= 11 is 6.06. The van der Waals surface area contributed by atoms with E-state index in [1.165, 1.54) is 12.3 Å². The van der Waals surface area contributed by atoms with Gasteiger partial charge in [0.2, 0.25) is 0 Å². The third-order valence-electron chi connectivity index (χ3n) is 3.04. The number of nitrogens with one attached hydrogen (secondary N) is 1. The van der Waals surface area contributed by atoms with Crippen LogP contribution in [0.4, 0.5) is 10.1 Å². The van der Waals surface area contributed by atoms with E-state index >= 15 is 0 Å². The van der Waals surface area contributed by atoms with Crippen LogP contribution in [-0.2, 0) is 0 Å². The molecule has 0 saturated carbocycles. The zero-order valence-electron chi connectivity index (χ0n) is 12.0. The normalized spacial score (nSPS) is 11.9. The van der Waals surface area contributed by atoms with E-state index in [1.807, 2.05) is 6.92 Å². The molecule has 0 aliphatic carbocycles. The lowest BCUT2D eigenvalue weighted by atomic mass is 10.2. The predicted octanol–water partition coefficient (Wildman–Crippen LogP) is 4.06. The molecular formula is C15H16ClFN2O2. The fourth-order valence-corrected chi connectivity index (χ4v) is 2.15. The maximum atomic E-state index is 12.9. The van der Waals surface area contributed by atoms with Crippen molar-refractivity contribution in [1.82, 2.24) is 4.98 Å². The molecule has 21 heavy (non-hydrogen) atoms. The molecule has 2 aromatic rings. The summed E-state index contributed by atoms with van der Waals surface area (Å²) in [6, 6.07) is 6.30. The van der Waals surface area contributed by atoms with Crippen molar-refractivity contribution < 1.29 is 13.9 Å². The van der Waals surface area contributed by atoms with Crippen LogP contribution in [0.1, 0.15) is 18.7 Å². The first-order valence-electron chi connectivity index (χ1n) is 6.34. The largest absolute Gasteiger partial charge is 0.495 e. The number of ether oxygens (including phenoxy) is 2. The average molecular weight is 311 g/mol. The second-order valence-electron chi connectivity index (χ2n) is 4.45. The molecule has 0 aliphatic rings. The molecule has 1 N–H and O–H groups in total. The molecule has 0 bridgehead atoms. The van der Waals surface area contributed by atoms with Crippen molar-refractivity contribution >= 4 is 17.3 Å². The van der Waals surface area contributed by atoms with Crippen LogP contribution in [0.2, 0.25) is 5.02 Å². The number of benzene rings is 1. The first-order chi connectivity index (χ1) is 10.0. The molecule has 1 unspecified atom stereocenters. The highest BCUT2D eigenvalue weighted by molar-refractivity contribution is 6.32. The van der Waals surface area contributed by atoms with Crippen molar-refractivity contribution in [2.75, 3.05) is 19.5 Å². The van der Waals surface area contributed by atoms with Crippen LogP contribution < -0.4 is 14.8 Å². The van der Waals surface area contributed by atoms with Gasteiger partial charge in [0.25, 0.3) is 0 Å². The van der Waals surface area contributed by atoms with Gasteiger partial charge < -0.3 is 14.8 Å². The molecule has 0 fully saturated rings. The molecular weight excluding hydrogens is 295 g/mol. The van der Waals surface area contributed by atoms with Crippen LogP contribution in [0.5, 0.6) is 11.5 Å². The number of methoxy groups -OCH3 is 2. The van der Waals surface area contributed by atoms with Crippen molar-refractivity contribution in [3.8, 4) is 11.5 Å². The van der Waals surface area contributed by atoms with Gasteiger partial charge in [-0.1, -0.05) is 11.6 Å². The molecule has 0 radical (unpaired) electrons. The van der Waals surface area contributed by atoms with E-state index in [4.69, 9.17) is 21.1 Å². The Hall–Kier alpha value is -2.01. The van der Waals surface area contributed by atoms with Gasteiger partial charge in [-0.15, -0.1) is 0 Å². The summed E-state index contributed by atoms with van der Waals surface area (Å²) in [5, 5.41) is 3.72. The zero-order valence-corrected chi connectivity index (χ0v) is 12.7. The smallest absolute Gasteiger partial charge is 0.143 e. The Kier molecular flexibility index (Phi) is 4.85. The van der Waals surface area contributed by atoms with Crippen molar-refractivity contribution in [3.63, 3.8) is 0 Å². The topological polar surface area (TPSA) is 43.4 Å². The zero-order chi connectivity index (χ0) is 15.4. The summed E-state index contributed by atoms with van der Waals surface area (Å²) in [7, 11) is 3.10. The lowest BCUT2D eigenvalue weighted by Crippen LogP contribution is -2.09. The number of pyridine rings is 1. The minimum Gasteiger partial charge on any atom is -0.495 e. The Morgan fingerprint density at radius 1 is 1.19 bits per heavy atom. The van der Waals surface area contributed by atoms with Crippen LogP contribution in [0.15, 0.2) is 30.5 Å². The van der Waals surface area contributed by atoms with Crippen LogP contribution >= 0.6 is 11.6 Å². The molecule has 1 heterocycles. The van der Waals surface area contributed by atoms with Gasteiger partial charge in [-0.05, 0) is 19.1 Å². The fourth-order valence-electron chi connectivity index (χ4n) is 1.92. The van der Waals surface area contributed by atoms with E-state index in [9.17, 15) is 4.39 Å². The SMILES string of the molecule is COc1cc(NC(C)c2ccc(F)cn2)c(OC)cc1Cl. The lowest BCUT2D eigenvalue weighted by molar-refractivity contribution is 0.404. The van der Waals surface area contributed by atoms with Crippen LogP contribution in [0.25, 0.3) is 0 Å². The fraction of sp³-hybridized carbons (Fsp3) is 0.267. The summed E-state index contributed by atoms with van der Waals surface area (Å²) < 4.78 is 23.4. The number of hydrogen-bond acceptors (Lipinski definition) is 4. The second kappa shape index (κ2) is 6.63. The molecule has 1 atom stereocenters. The number of anilines is 1. The van der Waals surface area contributed by atoms with E-state index in [0.717, 1.165) is 5.69 Å². The van der Waals surface area contributed by atoms with Gasteiger partial charge in [0, 0.05) is 12.1 Å². The number of hydrogen-bond donors (Lipinski definition) is 1. The minimum atomic E-state index is -0.364. The highest BCUT2D eigenvalue weighted by atomic mass is 35.5. The summed E-state index contributed by atoms with van der Waals surface area (Å²) in [6.07, 6.45) is 1.19. The van der Waals surface area contributed by atoms with Gasteiger partial charge in [-0.2, -0.15) is 0 Å². The Morgan fingerprint density at radius 3 is 2.48 bits per heavy atom. The third-order valence-corrected chi connectivity index (χ3v) is 3.34. The second-order valence-corrected chi connectivity index (χ2v) is 4.86. The van der Waals surface area contributed by atoms with E-state index in [2.05, 4.69) is 10.3 Å². The quantitative estimate of drug-likeness (QED) is 0.904. The van der Waals surface area contributed by atoms with Crippen LogP contribution in [0.3, 0.4) is 0 Å². The van der Waals surface area contributed by atoms with Crippen molar-refractivity contribution in [2.45, 2.75) is 13.0 Å². The van der Waals surface area contributed by atoms with Gasteiger partial charge in [0.15, 0.2) is 0 Å². The van der Waals surface area contributed by atoms with E-state index in [-0.39, 0.29) is 11.9 Å². The summed E-state index contributed by atoms with van der Waals surface area (Å²) in [5.74, 6) is 0.769. The Morgan fingerprint density at radius 2 is 1.90 bits per heavy atom. The van der Waals surface area contributed by atoms with Gasteiger partial charge in [0.05, 0.1) is 42.9 Å². The summed E-state index contributed by atoms with van der Waals surface area (Å²) in [5.41, 5.74) is 1.43. The summed E-state index contributed by atoms with van der Waals surface area (Å²) in [4.78, 5) is 4.05. The molecule has 4 nitrogen and oxygen atoms in total. The first kappa shape index (κ1) is 15.4. The van der Waals surface area contributed by atoms with E-state index in [1.54, 1.807) is 32.4 Å². The number of rotatable bonds is 5. The van der Waals surface area contributed by atoms with E-state index in [0.29, 0.717) is 22.2 Å². The highest BCUT2D eigenvalue weighted by Crippen LogP contribution is 2.37. The van der Waals surface area contributed by atoms with Gasteiger partial charge in [0.1, 0.15) is 17.3 Å². The monoisotopic (exact) mass is 310 g/mol. The van der Waals surface area contributed by atoms with E-state index < -0.39 is 0 Å². The van der Waals surface area contributed by atoms with Gasteiger partial charge in [-0.25, -0.2) is 4.39 Å². The average Bonchev–Trinajstić information content (AvgIpc) is 2.49. The van der Waals surface area contributed by atoms with Gasteiger partial charge in [-0.3, -0.25) is 4.98 Å². The molecule has 0 saturated heterocycles. The van der Waals surface area contributed by atoms with Gasteiger partial charge >= 0.3 is 0 Å². The highest BCUT2D eigenvalue weighted by Gasteiger charge is 2.13. The Labute approximate surface area is 127 Å². The Bertz CT molecular complexity index is 620. The van der Waals surface area contributed by atoms with Crippen molar-refractivity contribution in [1.29, 1.82) is 0 Å². The van der Waals surface area contributed by atoms with Crippen molar-refractivity contribution in [2.24, 2.45) is 0 Å². The maximum Gasteiger partial charge on any atom is 0.143 e. The number of aromatic nitrogens is 1. The maximum absolute atomic E-state index is 12.9. The Balaban J connectivity index is 2.27. The predicted molar refractivity (Wildman–Crippen MR) is 80.8 cm³/mol. The van der Waals surface area contributed by atoms with Crippen LogP contribution in [-0.4, -0.2) is 19.2 Å². The molecule has 1 aromatic carbocycles. The molecule has 0 spiro atoms. The molecule has 0 amide bonds. The summed E-state index contributed by atoms with van der Waals surface area (Å²) in [6.45, 7) is 1.92. The lowest BCUT2D eigenvalue weighted by Gasteiger charge is -2.18. The molecule has 6 heteroatoms. The molecule has 1 aromatic heterocycles. The van der Waals surface area contributed by atoms with Crippen LogP contribution in [0, 0.1) is 5.82 Å². The molecule has 2 rings (SSSR count). The third kappa shape index (κ3) is 3.55.